The second kappa shape index (κ2) is 14.0. The number of amides is 1. The van der Waals surface area contributed by atoms with E-state index in [2.05, 4.69) is 49.3 Å². The number of carbonyl (C=O) groups excluding carboxylic acids is 3. The van der Waals surface area contributed by atoms with Gasteiger partial charge in [0.15, 0.2) is 0 Å². The second-order valence-electron chi connectivity index (χ2n) is 11.1. The summed E-state index contributed by atoms with van der Waals surface area (Å²) in [5, 5.41) is 7.24. The van der Waals surface area contributed by atoms with Gasteiger partial charge in [-0.05, 0) is 77.6 Å². The van der Waals surface area contributed by atoms with Crippen LogP contribution in [0.2, 0.25) is 0 Å². The summed E-state index contributed by atoms with van der Waals surface area (Å²) in [4.78, 5) is 46.8. The highest BCUT2D eigenvalue weighted by Crippen LogP contribution is 2.54. The molecule has 0 saturated carbocycles. The highest BCUT2D eigenvalue weighted by atomic mass is 32.2. The molecule has 0 radical (unpaired) electrons. The van der Waals surface area contributed by atoms with Crippen molar-refractivity contribution in [1.82, 2.24) is 5.06 Å². The summed E-state index contributed by atoms with van der Waals surface area (Å²) in [6.45, 7) is 9.95. The van der Waals surface area contributed by atoms with E-state index in [0.29, 0.717) is 5.71 Å². The minimum Gasteiger partial charge on any atom is -0.338 e. The van der Waals surface area contributed by atoms with Gasteiger partial charge in [-0.1, -0.05) is 56.1 Å². The average Bonchev–Trinajstić information content (AvgIpc) is 3.59. The number of nitrogens with zero attached hydrogens (tertiary/aromatic N) is 2. The van der Waals surface area contributed by atoms with E-state index in [1.807, 2.05) is 17.5 Å². The molecule has 1 amide bonds. The number of benzene rings is 2. The molecular formula is C33H40N2O6S2. The Kier molecular flexibility index (Phi) is 10.7. The fraction of sp³-hybridized carbons (Fsp3) is 0.455. The fourth-order valence-electron chi connectivity index (χ4n) is 6.24. The summed E-state index contributed by atoms with van der Waals surface area (Å²) >= 11 is 1.63. The van der Waals surface area contributed by atoms with Crippen molar-refractivity contribution in [3.8, 4) is 11.1 Å². The molecule has 2 aromatic rings. The molecule has 230 valence electrons. The lowest BCUT2D eigenvalue weighted by Crippen LogP contribution is -2.39. The van der Waals surface area contributed by atoms with Gasteiger partial charge in [0.25, 0.3) is 5.91 Å². The lowest BCUT2D eigenvalue weighted by Gasteiger charge is -2.32. The number of carbonyl (C=O) groups is 3. The van der Waals surface area contributed by atoms with Crippen molar-refractivity contribution in [3.05, 3.63) is 64.6 Å². The molecule has 1 heterocycles. The standard InChI is InChI=1S/C33H40N2O6S2/c1-7-15-33(16-8-2)29-19-25(31(34-40-23(5)37)18-21(3)35(22(4)36)41-24(6)38)11-13-27(29)28-14-12-26(20-30(28)33)43(39)32-10-9-17-42-32/h9,11-14,17,19-21,32H,7-8,10,15-16,18H2,1-6H3/b34-31+. The molecule has 43 heavy (non-hydrogen) atoms. The first-order valence-electron chi connectivity index (χ1n) is 14.8. The number of fused-ring (bicyclic) bond motifs is 3. The van der Waals surface area contributed by atoms with Gasteiger partial charge in [0.2, 0.25) is 0 Å². The molecule has 3 unspecified atom stereocenters. The number of allylic oxidation sites excluding steroid dienone is 1. The lowest BCUT2D eigenvalue weighted by molar-refractivity contribution is -0.202. The van der Waals surface area contributed by atoms with Crippen molar-refractivity contribution in [2.24, 2.45) is 5.16 Å². The summed E-state index contributed by atoms with van der Waals surface area (Å²) in [7, 11) is -1.13. The molecule has 2 aromatic carbocycles. The molecule has 0 bridgehead atoms. The minimum atomic E-state index is -1.13. The van der Waals surface area contributed by atoms with E-state index < -0.39 is 34.7 Å². The van der Waals surface area contributed by atoms with Gasteiger partial charge >= 0.3 is 11.9 Å². The summed E-state index contributed by atoms with van der Waals surface area (Å²) in [5.41, 5.74) is 5.55. The third kappa shape index (κ3) is 6.96. The van der Waals surface area contributed by atoms with Crippen LogP contribution in [-0.4, -0.2) is 43.5 Å². The number of thioether (sulfide) groups is 1. The van der Waals surface area contributed by atoms with Gasteiger partial charge in [-0.3, -0.25) is 13.8 Å². The molecule has 0 aromatic heterocycles. The summed E-state index contributed by atoms with van der Waals surface area (Å²) in [6, 6.07) is 11.8. The van der Waals surface area contributed by atoms with Crippen LogP contribution < -0.4 is 0 Å². The molecule has 0 N–H and O–H groups in total. The van der Waals surface area contributed by atoms with Crippen molar-refractivity contribution in [1.29, 1.82) is 0 Å². The Hall–Kier alpha value is -3.24. The molecule has 3 atom stereocenters. The predicted molar refractivity (Wildman–Crippen MR) is 171 cm³/mol. The van der Waals surface area contributed by atoms with Crippen LogP contribution in [0.1, 0.15) is 96.8 Å². The molecule has 2 aliphatic rings. The van der Waals surface area contributed by atoms with Crippen LogP contribution in [0, 0.1) is 0 Å². The first-order chi connectivity index (χ1) is 20.5. The van der Waals surface area contributed by atoms with Crippen LogP contribution in [-0.2, 0) is 40.3 Å². The van der Waals surface area contributed by atoms with Crippen molar-refractivity contribution in [3.63, 3.8) is 0 Å². The van der Waals surface area contributed by atoms with Crippen molar-refractivity contribution in [2.75, 3.05) is 0 Å². The van der Waals surface area contributed by atoms with Gasteiger partial charge in [-0.2, -0.15) is 5.06 Å². The zero-order chi connectivity index (χ0) is 31.3. The third-order valence-electron chi connectivity index (χ3n) is 7.86. The van der Waals surface area contributed by atoms with Gasteiger partial charge in [0.1, 0.15) is 0 Å². The Morgan fingerprint density at radius 1 is 1.02 bits per heavy atom. The SMILES string of the molecule is CCCC1(CCC)c2cc(/C(CC(C)N(OC(C)=O)C(C)=O)=N/OC(C)=O)ccc2-c2ccc(S(=O)C3CC=CS3)cc21. The van der Waals surface area contributed by atoms with E-state index >= 15 is 0 Å². The maximum absolute atomic E-state index is 13.5. The fourth-order valence-corrected chi connectivity index (χ4v) is 8.82. The number of hydrogen-bond donors (Lipinski definition) is 0. The Labute approximate surface area is 260 Å². The maximum Gasteiger partial charge on any atom is 0.331 e. The van der Waals surface area contributed by atoms with Crippen LogP contribution in [0.25, 0.3) is 11.1 Å². The Morgan fingerprint density at radius 2 is 1.67 bits per heavy atom. The zero-order valence-electron chi connectivity index (χ0n) is 25.7. The van der Waals surface area contributed by atoms with Crippen molar-refractivity contribution < 1.29 is 28.3 Å². The van der Waals surface area contributed by atoms with Crippen LogP contribution in [0.5, 0.6) is 0 Å². The van der Waals surface area contributed by atoms with Gasteiger partial charge < -0.3 is 9.68 Å². The van der Waals surface area contributed by atoms with Crippen LogP contribution >= 0.6 is 11.8 Å². The topological polar surface area (TPSA) is 102 Å². The predicted octanol–water partition coefficient (Wildman–Crippen LogP) is 7.01. The monoisotopic (exact) mass is 624 g/mol. The quantitative estimate of drug-likeness (QED) is 0.151. The molecule has 10 heteroatoms. The van der Waals surface area contributed by atoms with E-state index in [4.69, 9.17) is 9.68 Å². The number of oxime groups is 1. The van der Waals surface area contributed by atoms with Gasteiger partial charge in [0, 0.05) is 37.5 Å². The Balaban J connectivity index is 1.80. The van der Waals surface area contributed by atoms with Crippen LogP contribution in [0.15, 0.2) is 57.9 Å². The number of hydroxylamine groups is 2. The van der Waals surface area contributed by atoms with Crippen LogP contribution in [0.4, 0.5) is 0 Å². The first kappa shape index (κ1) is 32.7. The van der Waals surface area contributed by atoms with E-state index in [0.717, 1.165) is 64.3 Å². The molecule has 4 rings (SSSR count). The van der Waals surface area contributed by atoms with E-state index in [-0.39, 0.29) is 16.4 Å². The molecule has 0 fully saturated rings. The molecular weight excluding hydrogens is 585 g/mol. The summed E-state index contributed by atoms with van der Waals surface area (Å²) < 4.78 is 13.6. The molecule has 0 spiro atoms. The highest BCUT2D eigenvalue weighted by Gasteiger charge is 2.42. The Bertz CT molecular complexity index is 1470. The Morgan fingerprint density at radius 3 is 2.23 bits per heavy atom. The molecule has 8 nitrogen and oxygen atoms in total. The van der Waals surface area contributed by atoms with Gasteiger partial charge in [-0.15, -0.1) is 11.8 Å². The summed E-state index contributed by atoms with van der Waals surface area (Å²) in [6.07, 6.45) is 6.80. The zero-order valence-corrected chi connectivity index (χ0v) is 27.3. The molecule has 0 saturated heterocycles. The minimum absolute atomic E-state index is 0.0313. The van der Waals surface area contributed by atoms with Crippen LogP contribution in [0.3, 0.4) is 0 Å². The maximum atomic E-state index is 13.5. The number of rotatable bonds is 11. The second-order valence-corrected chi connectivity index (χ2v) is 14.2. The van der Waals surface area contributed by atoms with E-state index in [9.17, 15) is 18.6 Å². The van der Waals surface area contributed by atoms with Crippen molar-refractivity contribution in [2.45, 2.75) is 101 Å². The van der Waals surface area contributed by atoms with Gasteiger partial charge in [0.05, 0.1) is 27.1 Å². The smallest absolute Gasteiger partial charge is 0.331 e. The largest absolute Gasteiger partial charge is 0.338 e. The molecule has 1 aliphatic carbocycles. The number of hydrogen-bond acceptors (Lipinski definition) is 8. The van der Waals surface area contributed by atoms with Crippen molar-refractivity contribution >= 4 is 46.1 Å². The average molecular weight is 625 g/mol. The van der Waals surface area contributed by atoms with E-state index in [1.165, 1.54) is 26.3 Å². The summed E-state index contributed by atoms with van der Waals surface area (Å²) in [5.74, 6) is -1.60. The van der Waals surface area contributed by atoms with Gasteiger partial charge in [-0.25, -0.2) is 4.79 Å². The third-order valence-corrected chi connectivity index (χ3v) is 10.9. The normalized spacial score (nSPS) is 18.0. The molecule has 1 aliphatic heterocycles. The van der Waals surface area contributed by atoms with E-state index in [1.54, 1.807) is 18.7 Å². The lowest BCUT2D eigenvalue weighted by atomic mass is 9.71. The first-order valence-corrected chi connectivity index (χ1v) is 16.9. The highest BCUT2D eigenvalue weighted by molar-refractivity contribution is 8.13.